The summed E-state index contributed by atoms with van der Waals surface area (Å²) < 4.78 is 14.0. The predicted molar refractivity (Wildman–Crippen MR) is 144 cm³/mol. The molecular weight excluding hydrogens is 545 g/mol. The molecule has 0 aromatic heterocycles. The lowest BCUT2D eigenvalue weighted by atomic mass is 9.90. The minimum atomic E-state index is -1.16. The Hall–Kier alpha value is -2.82. The van der Waals surface area contributed by atoms with Gasteiger partial charge < -0.3 is 21.7 Å². The minimum absolute atomic E-state index is 0.0772. The maximum atomic E-state index is 13.5. The highest BCUT2D eigenvalue weighted by atomic mass is 79.9. The summed E-state index contributed by atoms with van der Waals surface area (Å²) in [5, 5.41) is 2.85. The average Bonchev–Trinajstić information content (AvgIpc) is 3.33. The number of Topliss-reactive ketones (excluding diaryl/α,β-unsaturated/α-hetero) is 2. The van der Waals surface area contributed by atoms with Gasteiger partial charge in [0, 0.05) is 35.5 Å². The second-order valence-electron chi connectivity index (χ2n) is 9.76. The zero-order valence-electron chi connectivity index (χ0n) is 21.6. The maximum Gasteiger partial charge on any atom is 0.252 e. The fourth-order valence-electron chi connectivity index (χ4n) is 4.57. The number of halogens is 2. The number of rotatable bonds is 13. The molecule has 2 amide bonds. The van der Waals surface area contributed by atoms with Gasteiger partial charge in [-0.05, 0) is 62.3 Å². The molecule has 1 aliphatic rings. The van der Waals surface area contributed by atoms with Gasteiger partial charge in [-0.25, -0.2) is 4.39 Å². The highest BCUT2D eigenvalue weighted by molar-refractivity contribution is 9.10. The molecule has 1 aromatic carbocycles. The van der Waals surface area contributed by atoms with Crippen molar-refractivity contribution >= 4 is 45.3 Å². The number of benzene rings is 1. The lowest BCUT2D eigenvalue weighted by Crippen LogP contribution is -2.54. The van der Waals surface area contributed by atoms with Gasteiger partial charge in [0.15, 0.2) is 17.5 Å². The lowest BCUT2D eigenvalue weighted by molar-refractivity contribution is -0.140. The van der Waals surface area contributed by atoms with Crippen LogP contribution in [0.5, 0.6) is 0 Å². The van der Waals surface area contributed by atoms with Gasteiger partial charge in [0.2, 0.25) is 5.91 Å². The van der Waals surface area contributed by atoms with Crippen LogP contribution in [-0.4, -0.2) is 66.1 Å². The van der Waals surface area contributed by atoms with E-state index in [1.807, 2.05) is 26.8 Å². The Labute approximate surface area is 225 Å². The van der Waals surface area contributed by atoms with E-state index >= 15 is 0 Å². The van der Waals surface area contributed by atoms with Crippen molar-refractivity contribution in [1.29, 1.82) is 0 Å². The van der Waals surface area contributed by atoms with Crippen molar-refractivity contribution in [2.45, 2.75) is 65.0 Å². The number of alkyl halides is 1. The van der Waals surface area contributed by atoms with E-state index in [2.05, 4.69) is 26.2 Å². The van der Waals surface area contributed by atoms with Gasteiger partial charge in [-0.2, -0.15) is 0 Å². The molecule has 1 aliphatic heterocycles. The van der Waals surface area contributed by atoms with Gasteiger partial charge in [0.25, 0.3) is 5.91 Å². The molecule has 0 spiro atoms. The summed E-state index contributed by atoms with van der Waals surface area (Å²) in [5.41, 5.74) is 11.8. The molecule has 0 aliphatic carbocycles. The Bertz CT molecular complexity index is 1030. The van der Waals surface area contributed by atoms with Crippen molar-refractivity contribution in [2.75, 3.05) is 19.8 Å². The smallest absolute Gasteiger partial charge is 0.252 e. The molecule has 1 fully saturated rings. The van der Waals surface area contributed by atoms with Crippen LogP contribution in [0.3, 0.4) is 0 Å². The van der Waals surface area contributed by atoms with Crippen molar-refractivity contribution in [3.8, 4) is 0 Å². The number of aliphatic imine (C=N–C) groups is 1. The third kappa shape index (κ3) is 8.62. The van der Waals surface area contributed by atoms with E-state index in [1.54, 1.807) is 12.1 Å². The Morgan fingerprint density at radius 1 is 1.24 bits per heavy atom. The van der Waals surface area contributed by atoms with Gasteiger partial charge >= 0.3 is 0 Å². The summed E-state index contributed by atoms with van der Waals surface area (Å²) in [7, 11) is 0. The number of nitrogens with two attached hydrogens (primary N) is 2. The topological polar surface area (TPSA) is 148 Å². The second kappa shape index (κ2) is 14.2. The number of guanidine groups is 1. The van der Waals surface area contributed by atoms with E-state index in [1.165, 1.54) is 4.90 Å². The SMILES string of the molecule is Cc1cc(Br)ccc1C(=O)N[C@H](C(=O)N1CCC[C@H]1C(=O)C[C@@H](CCCN=C(N)N)C(=O)CF)C(C)C. The van der Waals surface area contributed by atoms with Gasteiger partial charge in [0.05, 0.1) is 6.04 Å². The average molecular weight is 583 g/mol. The van der Waals surface area contributed by atoms with E-state index in [0.717, 1.165) is 10.0 Å². The Morgan fingerprint density at radius 3 is 2.54 bits per heavy atom. The van der Waals surface area contributed by atoms with Crippen LogP contribution in [0.4, 0.5) is 4.39 Å². The number of amides is 2. The van der Waals surface area contributed by atoms with Crippen molar-refractivity contribution in [3.63, 3.8) is 0 Å². The summed E-state index contributed by atoms with van der Waals surface area (Å²) >= 11 is 3.38. The molecule has 9 nitrogen and oxygen atoms in total. The van der Waals surface area contributed by atoms with E-state index in [0.29, 0.717) is 31.4 Å². The van der Waals surface area contributed by atoms with Gasteiger partial charge in [-0.15, -0.1) is 0 Å². The van der Waals surface area contributed by atoms with E-state index in [-0.39, 0.29) is 48.9 Å². The van der Waals surface area contributed by atoms with Crippen LogP contribution in [0.25, 0.3) is 0 Å². The number of carbonyl (C=O) groups excluding carboxylic acids is 4. The number of nitrogens with one attached hydrogen (secondary N) is 1. The summed E-state index contributed by atoms with van der Waals surface area (Å²) in [6.07, 6.45) is 1.61. The van der Waals surface area contributed by atoms with Crippen LogP contribution in [-0.2, 0) is 14.4 Å². The van der Waals surface area contributed by atoms with Crippen LogP contribution in [0.2, 0.25) is 0 Å². The molecule has 1 saturated heterocycles. The zero-order chi connectivity index (χ0) is 27.7. The molecule has 204 valence electrons. The second-order valence-corrected chi connectivity index (χ2v) is 10.7. The number of hydrogen-bond acceptors (Lipinski definition) is 5. The monoisotopic (exact) mass is 581 g/mol. The lowest BCUT2D eigenvalue weighted by Gasteiger charge is -2.31. The highest BCUT2D eigenvalue weighted by Crippen LogP contribution is 2.25. The van der Waals surface area contributed by atoms with E-state index in [4.69, 9.17) is 11.5 Å². The van der Waals surface area contributed by atoms with Crippen LogP contribution in [0.1, 0.15) is 61.9 Å². The fraction of sp³-hybridized carbons (Fsp3) is 0.577. The van der Waals surface area contributed by atoms with Crippen LogP contribution in [0.15, 0.2) is 27.7 Å². The maximum absolute atomic E-state index is 13.5. The molecule has 0 unspecified atom stereocenters. The third-order valence-corrected chi connectivity index (χ3v) is 7.09. The number of nitrogens with zero attached hydrogens (tertiary/aromatic N) is 2. The number of likely N-dealkylation sites (tertiary alicyclic amines) is 1. The third-order valence-electron chi connectivity index (χ3n) is 6.60. The van der Waals surface area contributed by atoms with Gasteiger partial charge in [0.1, 0.15) is 12.7 Å². The standard InChI is InChI=1S/C26H37BrFN5O4/c1-15(2)23(32-24(36)19-9-8-18(27)12-16(19)3)25(37)33-11-5-7-20(33)21(34)13-17(22(35)14-28)6-4-10-31-26(29)30/h8-9,12,15,17,20,23H,4-7,10-11,13-14H2,1-3H3,(H,32,36)(H4,29,30,31)/t17-,20+,23+/m1/s1. The molecule has 1 heterocycles. The molecule has 0 bridgehead atoms. The summed E-state index contributed by atoms with van der Waals surface area (Å²) in [6.45, 7) is 4.96. The summed E-state index contributed by atoms with van der Waals surface area (Å²) in [6, 6.07) is 3.73. The van der Waals surface area contributed by atoms with Crippen molar-refractivity contribution in [1.82, 2.24) is 10.2 Å². The molecule has 1 aromatic rings. The van der Waals surface area contributed by atoms with Crippen molar-refractivity contribution in [3.05, 3.63) is 33.8 Å². The van der Waals surface area contributed by atoms with Gasteiger partial charge in [-0.1, -0.05) is 29.8 Å². The van der Waals surface area contributed by atoms with Crippen molar-refractivity contribution in [2.24, 2.45) is 28.3 Å². The normalized spacial score (nSPS) is 16.8. The number of aryl methyl sites for hydroxylation is 1. The first-order valence-electron chi connectivity index (χ1n) is 12.5. The molecule has 0 saturated carbocycles. The molecule has 0 radical (unpaired) electrons. The molecule has 2 rings (SSSR count). The quantitative estimate of drug-likeness (QED) is 0.185. The molecule has 11 heteroatoms. The molecular formula is C26H37BrFN5O4. The first kappa shape index (κ1) is 30.4. The highest BCUT2D eigenvalue weighted by Gasteiger charge is 2.39. The zero-order valence-corrected chi connectivity index (χ0v) is 23.2. The fourth-order valence-corrected chi connectivity index (χ4v) is 5.04. The molecule has 37 heavy (non-hydrogen) atoms. The van der Waals surface area contributed by atoms with Crippen LogP contribution in [0, 0.1) is 18.8 Å². The number of ketones is 2. The first-order valence-corrected chi connectivity index (χ1v) is 13.3. The molecule has 5 N–H and O–H groups in total. The van der Waals surface area contributed by atoms with E-state index in [9.17, 15) is 23.6 Å². The first-order chi connectivity index (χ1) is 17.5. The predicted octanol–water partition coefficient (Wildman–Crippen LogP) is 2.67. The number of carbonyl (C=O) groups is 4. The number of hydrogen-bond donors (Lipinski definition) is 3. The Balaban J connectivity index is 2.12. The largest absolute Gasteiger partial charge is 0.370 e. The Morgan fingerprint density at radius 2 is 1.95 bits per heavy atom. The Kier molecular flexibility index (Phi) is 11.7. The summed E-state index contributed by atoms with van der Waals surface area (Å²) in [4.78, 5) is 57.3. The van der Waals surface area contributed by atoms with E-state index < -0.39 is 30.5 Å². The van der Waals surface area contributed by atoms with Crippen molar-refractivity contribution < 1.29 is 23.6 Å². The minimum Gasteiger partial charge on any atom is -0.370 e. The van der Waals surface area contributed by atoms with Gasteiger partial charge in [-0.3, -0.25) is 24.2 Å². The van der Waals surface area contributed by atoms with Crippen LogP contribution >= 0.6 is 15.9 Å². The van der Waals surface area contributed by atoms with Crippen LogP contribution < -0.4 is 16.8 Å². The molecule has 3 atom stereocenters. The summed E-state index contributed by atoms with van der Waals surface area (Å²) in [5.74, 6) is -2.73.